The van der Waals surface area contributed by atoms with E-state index in [-0.39, 0.29) is 0 Å². The van der Waals surface area contributed by atoms with Gasteiger partial charge in [0.1, 0.15) is 0 Å². The number of nitrogens with zero attached hydrogens (tertiary/aromatic N) is 1. The van der Waals surface area contributed by atoms with Gasteiger partial charge >= 0.3 is 0 Å². The lowest BCUT2D eigenvalue weighted by molar-refractivity contribution is 0.314. The number of likely N-dealkylation sites (tertiary alicyclic amines) is 1. The largest absolute Gasteiger partial charge is 0.302 e. The van der Waals surface area contributed by atoms with Crippen molar-refractivity contribution in [3.8, 4) is 0 Å². The van der Waals surface area contributed by atoms with Gasteiger partial charge in [0.15, 0.2) is 0 Å². The Bertz CT molecular complexity index is 373. The molecule has 2 fully saturated rings. The van der Waals surface area contributed by atoms with E-state index in [0.717, 1.165) is 5.92 Å². The summed E-state index contributed by atoms with van der Waals surface area (Å²) in [6, 6.07) is 8.94. The van der Waals surface area contributed by atoms with Crippen molar-refractivity contribution in [3.05, 3.63) is 34.3 Å². The minimum Gasteiger partial charge on any atom is -0.302 e. The molecule has 80 valence electrons. The maximum absolute atomic E-state index is 3.50. The van der Waals surface area contributed by atoms with Crippen LogP contribution in [-0.2, 0) is 5.41 Å². The Hall–Kier alpha value is -0.340. The second-order valence-electron chi connectivity index (χ2n) is 4.89. The minimum atomic E-state index is 0.525. The molecule has 0 N–H and O–H groups in total. The van der Waals surface area contributed by atoms with Gasteiger partial charge < -0.3 is 4.90 Å². The van der Waals surface area contributed by atoms with Gasteiger partial charge in [0.2, 0.25) is 0 Å². The maximum Gasteiger partial charge on any atom is 0.0175 e. The van der Waals surface area contributed by atoms with Gasteiger partial charge in [0, 0.05) is 23.0 Å². The van der Waals surface area contributed by atoms with Gasteiger partial charge in [0.25, 0.3) is 0 Å². The Labute approximate surface area is 99.6 Å². The Kier molecular flexibility index (Phi) is 2.18. The molecule has 2 heteroatoms. The van der Waals surface area contributed by atoms with Crippen LogP contribution in [0.15, 0.2) is 28.7 Å². The monoisotopic (exact) mass is 265 g/mol. The molecule has 0 bridgehead atoms. The van der Waals surface area contributed by atoms with E-state index in [9.17, 15) is 0 Å². The van der Waals surface area contributed by atoms with Crippen LogP contribution >= 0.6 is 15.9 Å². The number of likely N-dealkylation sites (N-methyl/N-ethyl adjacent to an activating group) is 1. The molecule has 0 unspecified atom stereocenters. The smallest absolute Gasteiger partial charge is 0.0175 e. The molecule has 3 rings (SSSR count). The van der Waals surface area contributed by atoms with Crippen LogP contribution in [0.2, 0.25) is 0 Å². The lowest BCUT2D eigenvalue weighted by Crippen LogP contribution is -2.26. The van der Waals surface area contributed by atoms with E-state index >= 15 is 0 Å². The maximum atomic E-state index is 3.50. The second kappa shape index (κ2) is 3.33. The zero-order chi connectivity index (χ0) is 10.5. The molecule has 15 heavy (non-hydrogen) atoms. The molecule has 1 nitrogen and oxygen atoms in total. The van der Waals surface area contributed by atoms with E-state index in [1.54, 1.807) is 5.56 Å². The summed E-state index contributed by atoms with van der Waals surface area (Å²) in [6.45, 7) is 6.05. The third kappa shape index (κ3) is 1.46. The summed E-state index contributed by atoms with van der Waals surface area (Å²) in [5.74, 6) is 0.929. The highest BCUT2D eigenvalue weighted by atomic mass is 79.9. The third-order valence-electron chi connectivity index (χ3n) is 4.08. The average Bonchev–Trinajstić information content (AvgIpc) is 2.83. The van der Waals surface area contributed by atoms with Crippen molar-refractivity contribution in [2.24, 2.45) is 5.92 Å². The fourth-order valence-electron chi connectivity index (χ4n) is 3.06. The molecule has 1 aromatic rings. The van der Waals surface area contributed by atoms with Crippen LogP contribution in [0.3, 0.4) is 0 Å². The standard InChI is InChI=1S/C13H16BrN/c1-2-15-8-11-7-13(11,9-15)10-3-5-12(14)6-4-10/h3-6,11H,2,7-9H2,1H3/t11-,13+/m1/s1. The van der Waals surface area contributed by atoms with Gasteiger partial charge in [-0.1, -0.05) is 35.0 Å². The molecule has 2 atom stereocenters. The average molecular weight is 266 g/mol. The fraction of sp³-hybridized carbons (Fsp3) is 0.538. The first-order valence-electron chi connectivity index (χ1n) is 5.73. The molecular formula is C13H16BrN. The zero-order valence-electron chi connectivity index (χ0n) is 9.04. The van der Waals surface area contributed by atoms with Crippen molar-refractivity contribution in [2.45, 2.75) is 18.8 Å². The van der Waals surface area contributed by atoms with E-state index in [4.69, 9.17) is 0 Å². The Morgan fingerprint density at radius 2 is 2.13 bits per heavy atom. The Balaban J connectivity index is 1.87. The summed E-state index contributed by atoms with van der Waals surface area (Å²) >= 11 is 3.50. The zero-order valence-corrected chi connectivity index (χ0v) is 10.6. The van der Waals surface area contributed by atoms with Crippen molar-refractivity contribution in [1.29, 1.82) is 0 Å². The minimum absolute atomic E-state index is 0.525. The van der Waals surface area contributed by atoms with Gasteiger partial charge in [-0.3, -0.25) is 0 Å². The number of halogens is 1. The van der Waals surface area contributed by atoms with Crippen molar-refractivity contribution < 1.29 is 0 Å². The van der Waals surface area contributed by atoms with Crippen LogP contribution in [0, 0.1) is 5.92 Å². The molecule has 0 aromatic heterocycles. The number of fused-ring (bicyclic) bond motifs is 1. The van der Waals surface area contributed by atoms with E-state index in [1.807, 2.05) is 0 Å². The lowest BCUT2D eigenvalue weighted by Gasteiger charge is -2.19. The molecule has 1 aliphatic heterocycles. The quantitative estimate of drug-likeness (QED) is 0.795. The van der Waals surface area contributed by atoms with Crippen LogP contribution in [-0.4, -0.2) is 24.5 Å². The van der Waals surface area contributed by atoms with Crippen LogP contribution in [0.5, 0.6) is 0 Å². The number of benzene rings is 1. The van der Waals surface area contributed by atoms with Gasteiger partial charge in [-0.15, -0.1) is 0 Å². The normalized spacial score (nSPS) is 34.1. The highest BCUT2D eigenvalue weighted by Gasteiger charge is 2.60. The molecular weight excluding hydrogens is 250 g/mol. The molecule has 0 amide bonds. The number of hydrogen-bond acceptors (Lipinski definition) is 1. The molecule has 0 spiro atoms. The first-order valence-corrected chi connectivity index (χ1v) is 6.52. The highest BCUT2D eigenvalue weighted by Crippen LogP contribution is 2.58. The van der Waals surface area contributed by atoms with Gasteiger partial charge in [-0.25, -0.2) is 0 Å². The third-order valence-corrected chi connectivity index (χ3v) is 4.61. The highest BCUT2D eigenvalue weighted by molar-refractivity contribution is 9.10. The number of rotatable bonds is 2. The molecule has 1 aliphatic carbocycles. The van der Waals surface area contributed by atoms with Crippen molar-refractivity contribution in [3.63, 3.8) is 0 Å². The van der Waals surface area contributed by atoms with Crippen molar-refractivity contribution in [2.75, 3.05) is 19.6 Å². The predicted molar refractivity (Wildman–Crippen MR) is 66.0 cm³/mol. The summed E-state index contributed by atoms with van der Waals surface area (Å²) in [5, 5.41) is 0. The van der Waals surface area contributed by atoms with E-state index in [1.165, 1.54) is 30.5 Å². The summed E-state index contributed by atoms with van der Waals surface area (Å²) < 4.78 is 1.19. The topological polar surface area (TPSA) is 3.24 Å². The molecule has 1 saturated heterocycles. The van der Waals surface area contributed by atoms with Crippen LogP contribution in [0.1, 0.15) is 18.9 Å². The van der Waals surface area contributed by atoms with Crippen molar-refractivity contribution in [1.82, 2.24) is 4.90 Å². The number of piperidine rings is 1. The van der Waals surface area contributed by atoms with E-state index in [2.05, 4.69) is 52.0 Å². The SMILES string of the molecule is CCN1C[C@H]2C[C@@]2(c2ccc(Br)cc2)C1. The fourth-order valence-corrected chi connectivity index (χ4v) is 3.32. The molecule has 0 radical (unpaired) electrons. The second-order valence-corrected chi connectivity index (χ2v) is 5.81. The summed E-state index contributed by atoms with van der Waals surface area (Å²) in [4.78, 5) is 2.58. The first-order chi connectivity index (χ1) is 7.24. The van der Waals surface area contributed by atoms with Crippen LogP contribution in [0.4, 0.5) is 0 Å². The molecule has 2 aliphatic rings. The summed E-state index contributed by atoms with van der Waals surface area (Å²) in [7, 11) is 0. The van der Waals surface area contributed by atoms with E-state index in [0.29, 0.717) is 5.41 Å². The first kappa shape index (κ1) is 9.86. The molecule has 1 aromatic carbocycles. The number of hydrogen-bond donors (Lipinski definition) is 0. The molecule has 1 heterocycles. The van der Waals surface area contributed by atoms with Gasteiger partial charge in [-0.05, 0) is 36.6 Å². The van der Waals surface area contributed by atoms with E-state index < -0.39 is 0 Å². The van der Waals surface area contributed by atoms with Crippen LogP contribution in [0.25, 0.3) is 0 Å². The summed E-state index contributed by atoms with van der Waals surface area (Å²) in [5.41, 5.74) is 2.07. The van der Waals surface area contributed by atoms with Gasteiger partial charge in [0.05, 0.1) is 0 Å². The Morgan fingerprint density at radius 3 is 2.73 bits per heavy atom. The Morgan fingerprint density at radius 1 is 1.40 bits per heavy atom. The lowest BCUT2D eigenvalue weighted by atomic mass is 9.95. The predicted octanol–water partition coefficient (Wildman–Crippen LogP) is 3.04. The summed E-state index contributed by atoms with van der Waals surface area (Å²) in [6.07, 6.45) is 1.41. The molecule has 1 saturated carbocycles. The van der Waals surface area contributed by atoms with Crippen molar-refractivity contribution >= 4 is 15.9 Å². The van der Waals surface area contributed by atoms with Crippen LogP contribution < -0.4 is 0 Å². The van der Waals surface area contributed by atoms with Gasteiger partial charge in [-0.2, -0.15) is 0 Å².